The summed E-state index contributed by atoms with van der Waals surface area (Å²) in [6, 6.07) is 24.1. The molecule has 40 heavy (non-hydrogen) atoms. The van der Waals surface area contributed by atoms with E-state index in [2.05, 4.69) is 39.1 Å². The summed E-state index contributed by atoms with van der Waals surface area (Å²) in [4.78, 5) is 41.1. The van der Waals surface area contributed by atoms with Crippen LogP contribution < -0.4 is 16.0 Å². The molecule has 4 rings (SSSR count). The Kier molecular flexibility index (Phi) is 9.46. The predicted octanol–water partition coefficient (Wildman–Crippen LogP) is 5.24. The van der Waals surface area contributed by atoms with Gasteiger partial charge in [-0.25, -0.2) is 4.98 Å². The molecule has 2 atom stereocenters. The van der Waals surface area contributed by atoms with Gasteiger partial charge in [-0.3, -0.25) is 14.4 Å². The Hall–Kier alpha value is -4.72. The number of carbonyl (C=O) groups is 3. The number of benzene rings is 3. The van der Waals surface area contributed by atoms with Gasteiger partial charge >= 0.3 is 5.97 Å². The molecule has 0 saturated carbocycles. The summed E-state index contributed by atoms with van der Waals surface area (Å²) in [6.07, 6.45) is 2.26. The van der Waals surface area contributed by atoms with E-state index < -0.39 is 24.0 Å². The summed E-state index contributed by atoms with van der Waals surface area (Å²) < 4.78 is 0. The van der Waals surface area contributed by atoms with Gasteiger partial charge in [0.1, 0.15) is 11.9 Å². The van der Waals surface area contributed by atoms with Crippen LogP contribution in [-0.4, -0.2) is 40.5 Å². The van der Waals surface area contributed by atoms with Crippen LogP contribution in [0.1, 0.15) is 43.4 Å². The molecule has 4 N–H and O–H groups in total. The van der Waals surface area contributed by atoms with Crippen molar-refractivity contribution in [2.24, 2.45) is 0 Å². The number of aliphatic carboxylic acids is 1. The number of pyridine rings is 1. The number of carboxylic acids is 1. The molecule has 206 valence electrons. The Labute approximate surface area is 233 Å². The quantitative estimate of drug-likeness (QED) is 0.183. The molecular formula is C32H34N4O4. The molecule has 0 aliphatic heterocycles. The van der Waals surface area contributed by atoms with Gasteiger partial charge < -0.3 is 21.1 Å². The van der Waals surface area contributed by atoms with Crippen molar-refractivity contribution >= 4 is 34.4 Å². The Bertz CT molecular complexity index is 1480. The van der Waals surface area contributed by atoms with Crippen LogP contribution in [0, 0.1) is 6.92 Å². The number of carboxylic acid groups (broad SMARTS) is 1. The molecule has 8 heteroatoms. The number of hydrogen-bond donors (Lipinski definition) is 4. The molecule has 4 aromatic rings. The largest absolute Gasteiger partial charge is 0.481 e. The summed E-state index contributed by atoms with van der Waals surface area (Å²) in [5.41, 5.74) is 3.84. The highest BCUT2D eigenvalue weighted by Crippen LogP contribution is 2.30. The van der Waals surface area contributed by atoms with Crippen LogP contribution in [0.2, 0.25) is 0 Å². The fraction of sp³-hybridized carbons (Fsp3) is 0.250. The Morgan fingerprint density at radius 3 is 2.42 bits per heavy atom. The first kappa shape index (κ1) is 28.3. The number of nitrogens with one attached hydrogen (secondary N) is 3. The zero-order valence-electron chi connectivity index (χ0n) is 22.7. The normalized spacial score (nSPS) is 12.3. The highest BCUT2D eigenvalue weighted by atomic mass is 16.4. The van der Waals surface area contributed by atoms with Gasteiger partial charge in [0.05, 0.1) is 12.5 Å². The van der Waals surface area contributed by atoms with Crippen LogP contribution in [0.4, 0.5) is 5.82 Å². The summed E-state index contributed by atoms with van der Waals surface area (Å²) in [6.45, 7) is 4.14. The fourth-order valence-electron chi connectivity index (χ4n) is 4.57. The summed E-state index contributed by atoms with van der Waals surface area (Å²) in [5, 5.41) is 20.4. The second-order valence-corrected chi connectivity index (χ2v) is 9.85. The second kappa shape index (κ2) is 13.4. The minimum atomic E-state index is -1.03. The number of amides is 2. The third-order valence-electron chi connectivity index (χ3n) is 6.68. The average molecular weight is 539 g/mol. The minimum absolute atomic E-state index is 0.241. The van der Waals surface area contributed by atoms with Gasteiger partial charge in [0, 0.05) is 19.2 Å². The zero-order chi connectivity index (χ0) is 28.5. The standard InChI is InChI=1S/C32H34N4O4/c1-21-16-18-34-29(19-21)33-17-6-11-30(37)35-22(2)32(40)36-28(20-31(38)39)25-14-12-24(13-15-25)27-10-5-8-23-7-3-4-9-26(23)27/h3-5,7-10,12-16,18-19,22,28H,6,11,17,20H2,1-2H3,(H,33,34)(H,35,37)(H,36,40)(H,38,39)/t22-,28-/m0/s1. The van der Waals surface area contributed by atoms with Gasteiger partial charge in [-0.15, -0.1) is 0 Å². The Morgan fingerprint density at radius 1 is 0.925 bits per heavy atom. The first-order valence-corrected chi connectivity index (χ1v) is 13.4. The lowest BCUT2D eigenvalue weighted by Crippen LogP contribution is -2.46. The Morgan fingerprint density at radius 2 is 1.68 bits per heavy atom. The van der Waals surface area contributed by atoms with Crippen LogP contribution in [0.5, 0.6) is 0 Å². The molecular weight excluding hydrogens is 504 g/mol. The maximum Gasteiger partial charge on any atom is 0.305 e. The molecule has 0 radical (unpaired) electrons. The number of carbonyl (C=O) groups excluding carboxylic acids is 2. The summed E-state index contributed by atoms with van der Waals surface area (Å²) >= 11 is 0. The molecule has 3 aromatic carbocycles. The molecule has 1 heterocycles. The minimum Gasteiger partial charge on any atom is -0.481 e. The van der Waals surface area contributed by atoms with Crippen molar-refractivity contribution < 1.29 is 19.5 Å². The number of nitrogens with zero attached hydrogens (tertiary/aromatic N) is 1. The van der Waals surface area contributed by atoms with E-state index >= 15 is 0 Å². The van der Waals surface area contributed by atoms with E-state index in [-0.39, 0.29) is 18.7 Å². The smallest absolute Gasteiger partial charge is 0.305 e. The highest BCUT2D eigenvalue weighted by molar-refractivity contribution is 5.96. The first-order valence-electron chi connectivity index (χ1n) is 13.4. The molecule has 0 spiro atoms. The topological polar surface area (TPSA) is 120 Å². The molecule has 0 aliphatic carbocycles. The molecule has 0 fully saturated rings. The van der Waals surface area contributed by atoms with E-state index in [1.807, 2.05) is 67.6 Å². The summed E-state index contributed by atoms with van der Waals surface area (Å²) in [5.74, 6) is -0.978. The SMILES string of the molecule is Cc1ccnc(NCCCC(=O)N[C@@H](C)C(=O)N[C@@H](CC(=O)O)c2ccc(-c3cccc4ccccc34)cc2)c1. The van der Waals surface area contributed by atoms with Crippen LogP contribution in [0.3, 0.4) is 0 Å². The van der Waals surface area contributed by atoms with Crippen molar-refractivity contribution in [2.75, 3.05) is 11.9 Å². The van der Waals surface area contributed by atoms with E-state index in [4.69, 9.17) is 0 Å². The monoisotopic (exact) mass is 538 g/mol. The maximum absolute atomic E-state index is 12.9. The van der Waals surface area contributed by atoms with Crippen LogP contribution >= 0.6 is 0 Å². The van der Waals surface area contributed by atoms with Crippen molar-refractivity contribution in [2.45, 2.75) is 45.2 Å². The van der Waals surface area contributed by atoms with Gasteiger partial charge in [-0.05, 0) is 65.4 Å². The number of hydrogen-bond acceptors (Lipinski definition) is 5. The lowest BCUT2D eigenvalue weighted by atomic mass is 9.95. The van der Waals surface area contributed by atoms with Crippen LogP contribution in [0.25, 0.3) is 21.9 Å². The number of fused-ring (bicyclic) bond motifs is 1. The van der Waals surface area contributed by atoms with Crippen molar-refractivity contribution in [1.29, 1.82) is 0 Å². The van der Waals surface area contributed by atoms with Crippen molar-refractivity contribution in [3.05, 3.63) is 96.2 Å². The number of aromatic nitrogens is 1. The van der Waals surface area contributed by atoms with Crippen LogP contribution in [0.15, 0.2) is 85.1 Å². The lowest BCUT2D eigenvalue weighted by molar-refractivity contribution is -0.138. The van der Waals surface area contributed by atoms with Crippen molar-refractivity contribution in [1.82, 2.24) is 15.6 Å². The third kappa shape index (κ3) is 7.66. The molecule has 8 nitrogen and oxygen atoms in total. The zero-order valence-corrected chi connectivity index (χ0v) is 22.7. The van der Waals surface area contributed by atoms with Gasteiger partial charge in [-0.2, -0.15) is 0 Å². The van der Waals surface area contributed by atoms with Gasteiger partial charge in [-0.1, -0.05) is 66.7 Å². The molecule has 0 saturated heterocycles. The molecule has 0 aliphatic rings. The van der Waals surface area contributed by atoms with Crippen molar-refractivity contribution in [3.8, 4) is 11.1 Å². The fourth-order valence-corrected chi connectivity index (χ4v) is 4.57. The Balaban J connectivity index is 1.33. The number of anilines is 1. The summed E-state index contributed by atoms with van der Waals surface area (Å²) in [7, 11) is 0. The third-order valence-corrected chi connectivity index (χ3v) is 6.68. The van der Waals surface area contributed by atoms with E-state index in [0.29, 0.717) is 18.5 Å². The van der Waals surface area contributed by atoms with Gasteiger partial charge in [0.25, 0.3) is 0 Å². The second-order valence-electron chi connectivity index (χ2n) is 9.85. The molecule has 0 unspecified atom stereocenters. The van der Waals surface area contributed by atoms with Crippen LogP contribution in [-0.2, 0) is 14.4 Å². The van der Waals surface area contributed by atoms with E-state index in [1.54, 1.807) is 13.1 Å². The lowest BCUT2D eigenvalue weighted by Gasteiger charge is -2.21. The van der Waals surface area contributed by atoms with Gasteiger partial charge in [0.2, 0.25) is 11.8 Å². The number of aryl methyl sites for hydroxylation is 1. The van der Waals surface area contributed by atoms with Crippen molar-refractivity contribution in [3.63, 3.8) is 0 Å². The average Bonchev–Trinajstić information content (AvgIpc) is 2.94. The van der Waals surface area contributed by atoms with E-state index in [0.717, 1.165) is 33.3 Å². The van der Waals surface area contributed by atoms with E-state index in [9.17, 15) is 19.5 Å². The van der Waals surface area contributed by atoms with E-state index in [1.165, 1.54) is 0 Å². The highest BCUT2D eigenvalue weighted by Gasteiger charge is 2.22. The first-order chi connectivity index (χ1) is 19.3. The molecule has 0 bridgehead atoms. The number of rotatable bonds is 12. The predicted molar refractivity (Wildman–Crippen MR) is 157 cm³/mol. The molecule has 1 aromatic heterocycles. The molecule has 2 amide bonds. The maximum atomic E-state index is 12.9. The van der Waals surface area contributed by atoms with Gasteiger partial charge in [0.15, 0.2) is 0 Å².